The molecule has 3 aromatic rings. The van der Waals surface area contributed by atoms with Gasteiger partial charge in [-0.05, 0) is 37.3 Å². The summed E-state index contributed by atoms with van der Waals surface area (Å²) in [7, 11) is 0. The van der Waals surface area contributed by atoms with Crippen molar-refractivity contribution in [2.24, 2.45) is 0 Å². The molecule has 1 atom stereocenters. The molecule has 7 heteroatoms. The van der Waals surface area contributed by atoms with E-state index in [1.807, 2.05) is 36.4 Å². The highest BCUT2D eigenvalue weighted by Gasteiger charge is 2.22. The molecule has 1 amide bonds. The average Bonchev–Trinajstić information content (AvgIpc) is 3.26. The number of hydrogen-bond acceptors (Lipinski definition) is 6. The first kappa shape index (κ1) is 20.3. The van der Waals surface area contributed by atoms with Gasteiger partial charge in [-0.15, -0.1) is 0 Å². The van der Waals surface area contributed by atoms with Crippen LogP contribution in [0.5, 0.6) is 17.2 Å². The lowest BCUT2D eigenvalue weighted by atomic mass is 10.1. The Morgan fingerprint density at radius 3 is 2.55 bits per heavy atom. The molecule has 1 aliphatic rings. The lowest BCUT2D eigenvalue weighted by Crippen LogP contribution is -2.30. The van der Waals surface area contributed by atoms with Crippen molar-refractivity contribution >= 4 is 17.6 Å². The number of ether oxygens (including phenoxy) is 4. The Balaban J connectivity index is 1.37. The normalized spacial score (nSPS) is 12.7. The first-order chi connectivity index (χ1) is 15.1. The van der Waals surface area contributed by atoms with Crippen LogP contribution in [0.3, 0.4) is 0 Å². The van der Waals surface area contributed by atoms with Crippen molar-refractivity contribution in [3.8, 4) is 17.2 Å². The largest absolute Gasteiger partial charge is 0.489 e. The molecule has 0 saturated heterocycles. The molecule has 0 radical (unpaired) electrons. The van der Waals surface area contributed by atoms with E-state index in [1.54, 1.807) is 36.4 Å². The third-order valence-corrected chi connectivity index (χ3v) is 4.67. The fourth-order valence-corrected chi connectivity index (χ4v) is 3.02. The predicted octanol–water partition coefficient (Wildman–Crippen LogP) is 4.18. The Kier molecular flexibility index (Phi) is 6.03. The van der Waals surface area contributed by atoms with E-state index in [1.165, 1.54) is 6.92 Å². The number of anilines is 1. The quantitative estimate of drug-likeness (QED) is 0.579. The second kappa shape index (κ2) is 9.21. The minimum absolute atomic E-state index is 0.147. The molecule has 4 rings (SSSR count). The van der Waals surface area contributed by atoms with Gasteiger partial charge in [0.1, 0.15) is 12.4 Å². The van der Waals surface area contributed by atoms with Crippen molar-refractivity contribution in [2.45, 2.75) is 19.6 Å². The van der Waals surface area contributed by atoms with Gasteiger partial charge < -0.3 is 24.3 Å². The zero-order valence-corrected chi connectivity index (χ0v) is 16.9. The van der Waals surface area contributed by atoms with Gasteiger partial charge in [-0.25, -0.2) is 4.79 Å². The summed E-state index contributed by atoms with van der Waals surface area (Å²) in [5, 5.41) is 2.71. The van der Waals surface area contributed by atoms with Crippen molar-refractivity contribution < 1.29 is 28.5 Å². The molecule has 1 unspecified atom stereocenters. The summed E-state index contributed by atoms with van der Waals surface area (Å²) >= 11 is 0. The minimum Gasteiger partial charge on any atom is -0.489 e. The summed E-state index contributed by atoms with van der Waals surface area (Å²) in [4.78, 5) is 25.2. The molecule has 31 heavy (non-hydrogen) atoms. The van der Waals surface area contributed by atoms with E-state index in [0.717, 1.165) is 0 Å². The molecule has 1 heterocycles. The molecule has 0 aromatic heterocycles. The fraction of sp³-hybridized carbons (Fsp3) is 0.167. The van der Waals surface area contributed by atoms with Crippen LogP contribution in [-0.4, -0.2) is 24.8 Å². The van der Waals surface area contributed by atoms with E-state index >= 15 is 0 Å². The van der Waals surface area contributed by atoms with Gasteiger partial charge in [-0.2, -0.15) is 0 Å². The second-order valence-electron chi connectivity index (χ2n) is 6.86. The van der Waals surface area contributed by atoms with Crippen LogP contribution in [0, 0.1) is 0 Å². The monoisotopic (exact) mass is 419 g/mol. The summed E-state index contributed by atoms with van der Waals surface area (Å²) in [6.45, 7) is 1.87. The van der Waals surface area contributed by atoms with Gasteiger partial charge in [0.25, 0.3) is 5.91 Å². The molecule has 0 spiro atoms. The number of hydrogen-bond donors (Lipinski definition) is 1. The van der Waals surface area contributed by atoms with Gasteiger partial charge in [0, 0.05) is 17.3 Å². The molecule has 0 aliphatic carbocycles. The zero-order valence-electron chi connectivity index (χ0n) is 16.9. The molecule has 0 fully saturated rings. The van der Waals surface area contributed by atoms with Crippen LogP contribution in [0.1, 0.15) is 22.8 Å². The van der Waals surface area contributed by atoms with Gasteiger partial charge in [0.05, 0.1) is 5.56 Å². The molecule has 7 nitrogen and oxygen atoms in total. The van der Waals surface area contributed by atoms with E-state index < -0.39 is 18.0 Å². The smallest absolute Gasteiger partial charge is 0.339 e. The Labute approximate surface area is 179 Å². The summed E-state index contributed by atoms with van der Waals surface area (Å²) in [6, 6.07) is 21.4. The maximum atomic E-state index is 12.7. The maximum Gasteiger partial charge on any atom is 0.339 e. The van der Waals surface area contributed by atoms with Gasteiger partial charge in [0.2, 0.25) is 6.79 Å². The van der Waals surface area contributed by atoms with Gasteiger partial charge >= 0.3 is 5.97 Å². The van der Waals surface area contributed by atoms with Crippen LogP contribution in [0.4, 0.5) is 5.69 Å². The molecule has 0 saturated carbocycles. The Hall–Kier alpha value is -4.00. The number of benzene rings is 3. The third kappa shape index (κ3) is 4.95. The summed E-state index contributed by atoms with van der Waals surface area (Å²) in [5.41, 5.74) is 1.54. The molecular weight excluding hydrogens is 398 g/mol. The summed E-state index contributed by atoms with van der Waals surface area (Å²) < 4.78 is 21.7. The zero-order chi connectivity index (χ0) is 21.6. The molecule has 1 N–H and O–H groups in total. The topological polar surface area (TPSA) is 83.1 Å². The summed E-state index contributed by atoms with van der Waals surface area (Å²) in [6.07, 6.45) is -0.999. The Bertz CT molecular complexity index is 1080. The first-order valence-electron chi connectivity index (χ1n) is 9.77. The third-order valence-electron chi connectivity index (χ3n) is 4.67. The second-order valence-corrected chi connectivity index (χ2v) is 6.86. The number of fused-ring (bicyclic) bond motifs is 1. The number of amides is 1. The van der Waals surface area contributed by atoms with Crippen LogP contribution in [0.25, 0.3) is 0 Å². The van der Waals surface area contributed by atoms with Crippen LogP contribution < -0.4 is 19.5 Å². The summed E-state index contributed by atoms with van der Waals surface area (Å²) in [5.74, 6) is 0.814. The predicted molar refractivity (Wildman–Crippen MR) is 113 cm³/mol. The minimum atomic E-state index is -0.999. The van der Waals surface area contributed by atoms with Gasteiger partial charge in [-0.1, -0.05) is 36.4 Å². The Morgan fingerprint density at radius 1 is 0.968 bits per heavy atom. The number of nitrogens with one attached hydrogen (secondary N) is 1. The fourth-order valence-electron chi connectivity index (χ4n) is 3.02. The highest BCUT2D eigenvalue weighted by atomic mass is 16.7. The van der Waals surface area contributed by atoms with Gasteiger partial charge in [-0.3, -0.25) is 4.79 Å². The van der Waals surface area contributed by atoms with Crippen LogP contribution >= 0.6 is 0 Å². The number of rotatable bonds is 7. The van der Waals surface area contributed by atoms with Crippen molar-refractivity contribution in [3.63, 3.8) is 0 Å². The lowest BCUT2D eigenvalue weighted by Gasteiger charge is -2.15. The van der Waals surface area contributed by atoms with E-state index in [0.29, 0.717) is 34.1 Å². The number of carbonyl (C=O) groups is 2. The van der Waals surface area contributed by atoms with E-state index in [-0.39, 0.29) is 13.4 Å². The molecule has 0 bridgehead atoms. The van der Waals surface area contributed by atoms with Gasteiger partial charge in [0.15, 0.2) is 17.6 Å². The standard InChI is InChI=1S/C24H21NO6/c1-16(23(26)25-18-11-12-21-22(13-18)30-15-29-21)31-24(27)20-10-6-5-7-17(20)14-28-19-8-3-2-4-9-19/h2-13,16H,14-15H2,1H3,(H,25,26). The first-order valence-corrected chi connectivity index (χ1v) is 9.77. The van der Waals surface area contributed by atoms with Crippen molar-refractivity contribution in [3.05, 3.63) is 83.9 Å². The van der Waals surface area contributed by atoms with Crippen LogP contribution in [0.2, 0.25) is 0 Å². The SMILES string of the molecule is CC(OC(=O)c1ccccc1COc1ccccc1)C(=O)Nc1ccc2c(c1)OCO2. The van der Waals surface area contributed by atoms with E-state index in [2.05, 4.69) is 5.32 Å². The molecule has 158 valence electrons. The number of carbonyl (C=O) groups excluding carboxylic acids is 2. The molecule has 3 aromatic carbocycles. The van der Waals surface area contributed by atoms with Crippen LogP contribution in [-0.2, 0) is 16.1 Å². The van der Waals surface area contributed by atoms with Crippen molar-refractivity contribution in [2.75, 3.05) is 12.1 Å². The molecule has 1 aliphatic heterocycles. The average molecular weight is 419 g/mol. The van der Waals surface area contributed by atoms with Crippen molar-refractivity contribution in [1.29, 1.82) is 0 Å². The number of para-hydroxylation sites is 1. The highest BCUT2D eigenvalue weighted by molar-refractivity contribution is 5.98. The molecular formula is C24H21NO6. The Morgan fingerprint density at radius 2 is 1.71 bits per heavy atom. The maximum absolute atomic E-state index is 12.7. The van der Waals surface area contributed by atoms with Crippen LogP contribution in [0.15, 0.2) is 72.8 Å². The highest BCUT2D eigenvalue weighted by Crippen LogP contribution is 2.34. The van der Waals surface area contributed by atoms with E-state index in [9.17, 15) is 9.59 Å². The van der Waals surface area contributed by atoms with Crippen molar-refractivity contribution in [1.82, 2.24) is 0 Å². The lowest BCUT2D eigenvalue weighted by molar-refractivity contribution is -0.123. The number of esters is 1. The van der Waals surface area contributed by atoms with E-state index in [4.69, 9.17) is 18.9 Å².